The molecular weight excluding hydrogens is 360 g/mol. The van der Waals surface area contributed by atoms with E-state index in [0.29, 0.717) is 0 Å². The molecule has 0 heterocycles. The lowest BCUT2D eigenvalue weighted by atomic mass is 10.0. The maximum absolute atomic E-state index is 12.4. The summed E-state index contributed by atoms with van der Waals surface area (Å²) in [4.78, 5) is 58.3. The first kappa shape index (κ1) is 24.3. The van der Waals surface area contributed by atoms with E-state index in [1.807, 2.05) is 0 Å². The fourth-order valence-corrected chi connectivity index (χ4v) is 2.04. The highest BCUT2D eigenvalue weighted by Gasteiger charge is 2.30. The molecule has 0 fully saturated rings. The Morgan fingerprint density at radius 2 is 1.30 bits per heavy atom. The number of hydrogen-bond acceptors (Lipinski definition) is 6. The molecule has 4 atom stereocenters. The van der Waals surface area contributed by atoms with Gasteiger partial charge in [0.25, 0.3) is 0 Å². The van der Waals surface area contributed by atoms with Gasteiger partial charge < -0.3 is 31.9 Å². The Hall–Kier alpha value is -2.69. The molecule has 0 aliphatic heterocycles. The first-order chi connectivity index (χ1) is 12.3. The van der Waals surface area contributed by atoms with E-state index in [0.717, 1.165) is 0 Å². The second-order valence-corrected chi connectivity index (χ2v) is 6.71. The molecule has 11 heteroatoms. The molecule has 11 nitrogen and oxygen atoms in total. The van der Waals surface area contributed by atoms with Gasteiger partial charge in [-0.15, -0.1) is 0 Å². The zero-order valence-corrected chi connectivity index (χ0v) is 15.8. The van der Waals surface area contributed by atoms with Gasteiger partial charge in [-0.1, -0.05) is 13.8 Å². The number of carboxylic acids is 2. The number of aliphatic carboxylic acids is 2. The van der Waals surface area contributed by atoms with Gasteiger partial charge in [0, 0.05) is 0 Å². The van der Waals surface area contributed by atoms with Crippen molar-refractivity contribution in [3.63, 3.8) is 0 Å². The molecular formula is C16H28N4O7. The van der Waals surface area contributed by atoms with E-state index in [1.54, 1.807) is 13.8 Å². The largest absolute Gasteiger partial charge is 0.481 e. The summed E-state index contributed by atoms with van der Waals surface area (Å²) in [5.41, 5.74) is 5.40. The van der Waals surface area contributed by atoms with Gasteiger partial charge in [0.05, 0.1) is 12.5 Å². The van der Waals surface area contributed by atoms with Gasteiger partial charge in [0.2, 0.25) is 17.7 Å². The van der Waals surface area contributed by atoms with E-state index >= 15 is 0 Å². The smallest absolute Gasteiger partial charge is 0.325 e. The second-order valence-electron chi connectivity index (χ2n) is 6.71. The fraction of sp³-hybridized carbons (Fsp3) is 0.688. The van der Waals surface area contributed by atoms with Crippen LogP contribution in [0.5, 0.6) is 0 Å². The second kappa shape index (κ2) is 11.1. The van der Waals surface area contributed by atoms with Gasteiger partial charge in [-0.2, -0.15) is 0 Å². The summed E-state index contributed by atoms with van der Waals surface area (Å²) in [6.07, 6.45) is -0.517. The van der Waals surface area contributed by atoms with Crippen LogP contribution in [0, 0.1) is 5.92 Å². The molecule has 0 spiro atoms. The SMILES string of the molecule is CC(C)CC(NC(=O)C(CC(=O)O)NC(=O)C(C)N)C(=O)NC(C)C(=O)O. The molecule has 0 saturated heterocycles. The third-order valence-electron chi connectivity index (χ3n) is 3.49. The lowest BCUT2D eigenvalue weighted by Crippen LogP contribution is -2.57. The monoisotopic (exact) mass is 388 g/mol. The summed E-state index contributed by atoms with van der Waals surface area (Å²) in [5.74, 6) is -4.93. The molecule has 0 aromatic rings. The Kier molecular flexibility index (Phi) is 10.0. The van der Waals surface area contributed by atoms with Crippen molar-refractivity contribution in [1.29, 1.82) is 0 Å². The minimum Gasteiger partial charge on any atom is -0.481 e. The molecule has 0 aliphatic carbocycles. The van der Waals surface area contributed by atoms with E-state index < -0.39 is 60.2 Å². The Balaban J connectivity index is 5.29. The maximum atomic E-state index is 12.4. The average Bonchev–Trinajstić information content (AvgIpc) is 2.51. The Morgan fingerprint density at radius 1 is 0.815 bits per heavy atom. The van der Waals surface area contributed by atoms with Crippen molar-refractivity contribution in [2.75, 3.05) is 0 Å². The highest BCUT2D eigenvalue weighted by atomic mass is 16.4. The third-order valence-corrected chi connectivity index (χ3v) is 3.49. The van der Waals surface area contributed by atoms with Crippen LogP contribution < -0.4 is 21.7 Å². The molecule has 0 aromatic carbocycles. The minimum absolute atomic E-state index is 0.0298. The van der Waals surface area contributed by atoms with E-state index in [9.17, 15) is 24.0 Å². The van der Waals surface area contributed by atoms with Crippen molar-refractivity contribution < 1.29 is 34.2 Å². The highest BCUT2D eigenvalue weighted by molar-refractivity contribution is 5.95. The van der Waals surface area contributed by atoms with Crippen molar-refractivity contribution in [1.82, 2.24) is 16.0 Å². The van der Waals surface area contributed by atoms with Crippen molar-refractivity contribution in [2.24, 2.45) is 11.7 Å². The van der Waals surface area contributed by atoms with Crippen LogP contribution in [0.15, 0.2) is 0 Å². The van der Waals surface area contributed by atoms with Gasteiger partial charge in [-0.3, -0.25) is 24.0 Å². The molecule has 27 heavy (non-hydrogen) atoms. The molecule has 154 valence electrons. The van der Waals surface area contributed by atoms with Crippen LogP contribution in [0.4, 0.5) is 0 Å². The van der Waals surface area contributed by atoms with Crippen molar-refractivity contribution in [3.05, 3.63) is 0 Å². The predicted molar refractivity (Wildman–Crippen MR) is 94.5 cm³/mol. The van der Waals surface area contributed by atoms with Gasteiger partial charge in [0.15, 0.2) is 0 Å². The number of nitrogens with two attached hydrogens (primary N) is 1. The van der Waals surface area contributed by atoms with Crippen LogP contribution >= 0.6 is 0 Å². The van der Waals surface area contributed by atoms with E-state index in [2.05, 4.69) is 16.0 Å². The molecule has 0 saturated carbocycles. The summed E-state index contributed by atoms with van der Waals surface area (Å²) in [6, 6.07) is -4.65. The van der Waals surface area contributed by atoms with Crippen LogP contribution in [0.3, 0.4) is 0 Å². The van der Waals surface area contributed by atoms with E-state index in [1.165, 1.54) is 13.8 Å². The summed E-state index contributed by atoms with van der Waals surface area (Å²) in [5, 5.41) is 24.7. The first-order valence-corrected chi connectivity index (χ1v) is 8.46. The molecule has 0 aromatic heterocycles. The van der Waals surface area contributed by atoms with Crippen LogP contribution in [0.25, 0.3) is 0 Å². The topological polar surface area (TPSA) is 188 Å². The molecule has 0 radical (unpaired) electrons. The normalized spacial score (nSPS) is 15.2. The molecule has 0 rings (SSSR count). The van der Waals surface area contributed by atoms with E-state index in [-0.39, 0.29) is 12.3 Å². The Bertz CT molecular complexity index is 577. The Morgan fingerprint density at radius 3 is 1.70 bits per heavy atom. The van der Waals surface area contributed by atoms with Crippen molar-refractivity contribution in [3.8, 4) is 0 Å². The Labute approximate surface area is 157 Å². The van der Waals surface area contributed by atoms with Crippen LogP contribution in [-0.2, 0) is 24.0 Å². The first-order valence-electron chi connectivity index (χ1n) is 8.46. The van der Waals surface area contributed by atoms with Gasteiger partial charge in [-0.25, -0.2) is 0 Å². The summed E-state index contributed by atoms with van der Waals surface area (Å²) < 4.78 is 0. The van der Waals surface area contributed by atoms with Crippen LogP contribution in [-0.4, -0.2) is 64.0 Å². The number of nitrogens with one attached hydrogen (secondary N) is 3. The highest BCUT2D eigenvalue weighted by Crippen LogP contribution is 2.07. The molecule has 0 bridgehead atoms. The number of hydrogen-bond donors (Lipinski definition) is 6. The molecule has 7 N–H and O–H groups in total. The maximum Gasteiger partial charge on any atom is 0.325 e. The number of carbonyl (C=O) groups is 5. The molecule has 0 aliphatic rings. The zero-order chi connectivity index (χ0) is 21.3. The lowest BCUT2D eigenvalue weighted by molar-refractivity contribution is -0.143. The van der Waals surface area contributed by atoms with Gasteiger partial charge in [-0.05, 0) is 26.2 Å². The molecule has 3 amide bonds. The standard InChI is InChI=1S/C16H28N4O7/c1-7(2)5-10(14(24)18-9(4)16(26)27)20-15(25)11(6-12(21)22)19-13(23)8(3)17/h7-11H,5-6,17H2,1-4H3,(H,18,24)(H,19,23)(H,20,25)(H,21,22)(H,26,27). The summed E-state index contributed by atoms with van der Waals surface area (Å²) in [7, 11) is 0. The lowest BCUT2D eigenvalue weighted by Gasteiger charge is -2.24. The number of amides is 3. The number of carboxylic acid groups (broad SMARTS) is 2. The summed E-state index contributed by atoms with van der Waals surface area (Å²) >= 11 is 0. The van der Waals surface area contributed by atoms with Crippen LogP contribution in [0.1, 0.15) is 40.5 Å². The zero-order valence-electron chi connectivity index (χ0n) is 15.8. The van der Waals surface area contributed by atoms with Crippen molar-refractivity contribution in [2.45, 2.75) is 64.7 Å². The van der Waals surface area contributed by atoms with Crippen LogP contribution in [0.2, 0.25) is 0 Å². The number of carbonyl (C=O) groups excluding carboxylic acids is 3. The summed E-state index contributed by atoms with van der Waals surface area (Å²) in [6.45, 7) is 6.22. The van der Waals surface area contributed by atoms with E-state index in [4.69, 9.17) is 15.9 Å². The van der Waals surface area contributed by atoms with Crippen molar-refractivity contribution >= 4 is 29.7 Å². The average molecular weight is 388 g/mol. The quantitative estimate of drug-likeness (QED) is 0.244. The molecule has 4 unspecified atom stereocenters. The van der Waals surface area contributed by atoms with Gasteiger partial charge >= 0.3 is 11.9 Å². The van der Waals surface area contributed by atoms with Gasteiger partial charge in [0.1, 0.15) is 18.1 Å². The number of rotatable bonds is 11. The predicted octanol–water partition coefficient (Wildman–Crippen LogP) is -1.59. The third kappa shape index (κ3) is 9.54. The minimum atomic E-state index is -1.43. The fourth-order valence-electron chi connectivity index (χ4n) is 2.04.